The monoisotopic (exact) mass is 273 g/mol. The number of aryl methyl sites for hydroxylation is 2. The molecule has 2 N–H and O–H groups in total. The number of anilines is 1. The molecule has 0 unspecified atom stereocenters. The summed E-state index contributed by atoms with van der Waals surface area (Å²) in [6.07, 6.45) is 2.05. The number of hydrogen-bond donors (Lipinski definition) is 2. The van der Waals surface area contributed by atoms with Crippen LogP contribution in [0.15, 0.2) is 41.0 Å². The second kappa shape index (κ2) is 6.06. The van der Waals surface area contributed by atoms with E-state index in [4.69, 9.17) is 9.52 Å². The number of carboxylic acid groups (broad SMARTS) is 1. The molecule has 0 radical (unpaired) electrons. The Morgan fingerprint density at radius 3 is 2.45 bits per heavy atom. The van der Waals surface area contributed by atoms with E-state index in [-0.39, 0.29) is 12.3 Å². The molecule has 0 saturated heterocycles. The zero-order valence-electron chi connectivity index (χ0n) is 11.1. The molecule has 0 spiro atoms. The highest BCUT2D eigenvalue weighted by Crippen LogP contribution is 2.15. The molecule has 0 saturated carbocycles. The van der Waals surface area contributed by atoms with Crippen molar-refractivity contribution >= 4 is 17.6 Å². The average Bonchev–Trinajstić information content (AvgIpc) is 2.84. The van der Waals surface area contributed by atoms with Gasteiger partial charge in [0.2, 0.25) is 0 Å². The molecule has 0 aliphatic carbocycles. The Morgan fingerprint density at radius 2 is 1.90 bits per heavy atom. The molecule has 20 heavy (non-hydrogen) atoms. The van der Waals surface area contributed by atoms with Gasteiger partial charge in [-0.2, -0.15) is 0 Å². The fourth-order valence-corrected chi connectivity index (χ4v) is 1.82. The minimum Gasteiger partial charge on any atom is -0.481 e. The van der Waals surface area contributed by atoms with Crippen LogP contribution in [0.4, 0.5) is 5.69 Å². The van der Waals surface area contributed by atoms with Gasteiger partial charge in [0, 0.05) is 12.1 Å². The van der Waals surface area contributed by atoms with Gasteiger partial charge in [0.05, 0.1) is 11.8 Å². The topological polar surface area (TPSA) is 79.5 Å². The molecule has 5 nitrogen and oxygen atoms in total. The van der Waals surface area contributed by atoms with E-state index in [1.165, 1.54) is 6.26 Å². The quantitative estimate of drug-likeness (QED) is 0.877. The fraction of sp³-hybridized carbons (Fsp3) is 0.200. The number of aliphatic carboxylic acids is 1. The first kappa shape index (κ1) is 13.9. The van der Waals surface area contributed by atoms with Crippen molar-refractivity contribution in [3.8, 4) is 0 Å². The Hall–Kier alpha value is -2.56. The van der Waals surface area contributed by atoms with Crippen LogP contribution in [0.25, 0.3) is 0 Å². The van der Waals surface area contributed by atoms with Crippen molar-refractivity contribution in [2.24, 2.45) is 0 Å². The normalized spacial score (nSPS) is 10.2. The van der Waals surface area contributed by atoms with E-state index in [0.29, 0.717) is 23.4 Å². The van der Waals surface area contributed by atoms with Gasteiger partial charge in [0.15, 0.2) is 0 Å². The van der Waals surface area contributed by atoms with Crippen LogP contribution in [0.2, 0.25) is 0 Å². The van der Waals surface area contributed by atoms with Gasteiger partial charge in [0.1, 0.15) is 5.76 Å². The Labute approximate surface area is 116 Å². The number of amides is 1. The average molecular weight is 273 g/mol. The molecule has 0 fully saturated rings. The molecule has 0 aliphatic rings. The van der Waals surface area contributed by atoms with Crippen LogP contribution in [0.1, 0.15) is 28.1 Å². The van der Waals surface area contributed by atoms with Gasteiger partial charge in [-0.15, -0.1) is 0 Å². The summed E-state index contributed by atoms with van der Waals surface area (Å²) in [4.78, 5) is 22.4. The first-order chi connectivity index (χ1) is 9.56. The van der Waals surface area contributed by atoms with E-state index in [1.54, 1.807) is 37.3 Å². The summed E-state index contributed by atoms with van der Waals surface area (Å²) in [5.74, 6) is -0.479. The van der Waals surface area contributed by atoms with Crippen LogP contribution in [0.3, 0.4) is 0 Å². The second-order valence-corrected chi connectivity index (χ2v) is 4.44. The summed E-state index contributed by atoms with van der Waals surface area (Å²) < 4.78 is 5.08. The lowest BCUT2D eigenvalue weighted by atomic mass is 10.1. The van der Waals surface area contributed by atoms with Crippen LogP contribution >= 0.6 is 0 Å². The van der Waals surface area contributed by atoms with Crippen molar-refractivity contribution in [1.82, 2.24) is 0 Å². The molecule has 1 heterocycles. The maximum atomic E-state index is 11.9. The number of carboxylic acids is 1. The van der Waals surface area contributed by atoms with E-state index >= 15 is 0 Å². The predicted octanol–water partition coefficient (Wildman–Crippen LogP) is 2.86. The van der Waals surface area contributed by atoms with Gasteiger partial charge in [-0.1, -0.05) is 12.1 Å². The maximum absolute atomic E-state index is 11.9. The molecule has 1 aromatic heterocycles. The first-order valence-electron chi connectivity index (χ1n) is 6.22. The minimum absolute atomic E-state index is 0.0971. The molecule has 5 heteroatoms. The molecule has 0 bridgehead atoms. The second-order valence-electron chi connectivity index (χ2n) is 4.44. The Kier molecular flexibility index (Phi) is 4.20. The van der Waals surface area contributed by atoms with Crippen molar-refractivity contribution in [3.05, 3.63) is 53.5 Å². The van der Waals surface area contributed by atoms with Crippen molar-refractivity contribution in [2.45, 2.75) is 19.8 Å². The van der Waals surface area contributed by atoms with Crippen LogP contribution in [0, 0.1) is 6.92 Å². The Morgan fingerprint density at radius 1 is 1.20 bits per heavy atom. The zero-order chi connectivity index (χ0) is 14.5. The Bertz CT molecular complexity index is 613. The van der Waals surface area contributed by atoms with Crippen LogP contribution in [-0.4, -0.2) is 17.0 Å². The van der Waals surface area contributed by atoms with E-state index in [2.05, 4.69) is 5.32 Å². The predicted molar refractivity (Wildman–Crippen MR) is 73.8 cm³/mol. The molecule has 2 rings (SSSR count). The van der Waals surface area contributed by atoms with Crippen molar-refractivity contribution in [1.29, 1.82) is 0 Å². The van der Waals surface area contributed by atoms with Crippen molar-refractivity contribution in [2.75, 3.05) is 5.32 Å². The highest BCUT2D eigenvalue weighted by atomic mass is 16.4. The first-order valence-corrected chi connectivity index (χ1v) is 6.22. The standard InChI is InChI=1S/C15H15NO4/c1-10-13(8-9-20-10)15(19)16-12-5-2-11(3-6-12)4-7-14(17)18/h2-3,5-6,8-9H,4,7H2,1H3,(H,16,19)(H,17,18). The van der Waals surface area contributed by atoms with Gasteiger partial charge in [-0.05, 0) is 37.1 Å². The van der Waals surface area contributed by atoms with E-state index in [9.17, 15) is 9.59 Å². The third-order valence-corrected chi connectivity index (χ3v) is 2.94. The van der Waals surface area contributed by atoms with Crippen LogP contribution < -0.4 is 5.32 Å². The SMILES string of the molecule is Cc1occc1C(=O)Nc1ccc(CCC(=O)O)cc1. The van der Waals surface area contributed by atoms with Crippen molar-refractivity contribution < 1.29 is 19.1 Å². The highest BCUT2D eigenvalue weighted by molar-refractivity contribution is 6.04. The summed E-state index contributed by atoms with van der Waals surface area (Å²) in [5.41, 5.74) is 2.08. The molecular formula is C15H15NO4. The minimum atomic E-state index is -0.821. The molecule has 2 aromatic rings. The molecule has 0 aliphatic heterocycles. The Balaban J connectivity index is 1.99. The van der Waals surface area contributed by atoms with Gasteiger partial charge in [0.25, 0.3) is 5.91 Å². The van der Waals surface area contributed by atoms with E-state index < -0.39 is 5.97 Å². The maximum Gasteiger partial charge on any atom is 0.303 e. The van der Waals surface area contributed by atoms with Gasteiger partial charge < -0.3 is 14.8 Å². The highest BCUT2D eigenvalue weighted by Gasteiger charge is 2.11. The molecule has 1 aromatic carbocycles. The largest absolute Gasteiger partial charge is 0.481 e. The number of rotatable bonds is 5. The summed E-state index contributed by atoms with van der Waals surface area (Å²) in [5, 5.41) is 11.4. The van der Waals surface area contributed by atoms with E-state index in [1.807, 2.05) is 0 Å². The third-order valence-electron chi connectivity index (χ3n) is 2.94. The fourth-order valence-electron chi connectivity index (χ4n) is 1.82. The molecule has 0 atom stereocenters. The smallest absolute Gasteiger partial charge is 0.303 e. The number of benzene rings is 1. The van der Waals surface area contributed by atoms with Crippen LogP contribution in [-0.2, 0) is 11.2 Å². The molecular weight excluding hydrogens is 258 g/mol. The van der Waals surface area contributed by atoms with Crippen molar-refractivity contribution in [3.63, 3.8) is 0 Å². The lowest BCUT2D eigenvalue weighted by molar-refractivity contribution is -0.136. The lowest BCUT2D eigenvalue weighted by Crippen LogP contribution is -2.12. The number of hydrogen-bond acceptors (Lipinski definition) is 3. The number of carbonyl (C=O) groups is 2. The summed E-state index contributed by atoms with van der Waals surface area (Å²) >= 11 is 0. The van der Waals surface area contributed by atoms with Gasteiger partial charge in [-0.25, -0.2) is 0 Å². The molecule has 104 valence electrons. The third kappa shape index (κ3) is 3.47. The molecule has 1 amide bonds. The zero-order valence-corrected chi connectivity index (χ0v) is 11.1. The number of furan rings is 1. The summed E-state index contributed by atoms with van der Waals surface area (Å²) in [6, 6.07) is 8.74. The summed E-state index contributed by atoms with van der Waals surface area (Å²) in [7, 11) is 0. The van der Waals surface area contributed by atoms with Crippen LogP contribution in [0.5, 0.6) is 0 Å². The summed E-state index contributed by atoms with van der Waals surface area (Å²) in [6.45, 7) is 1.73. The number of nitrogens with one attached hydrogen (secondary N) is 1. The number of carbonyl (C=O) groups excluding carboxylic acids is 1. The lowest BCUT2D eigenvalue weighted by Gasteiger charge is -2.05. The van der Waals surface area contributed by atoms with Gasteiger partial charge in [-0.3, -0.25) is 9.59 Å². The van der Waals surface area contributed by atoms with E-state index in [0.717, 1.165) is 5.56 Å². The van der Waals surface area contributed by atoms with Gasteiger partial charge >= 0.3 is 5.97 Å².